The summed E-state index contributed by atoms with van der Waals surface area (Å²) < 4.78 is 83.8. The average Bonchev–Trinajstić information content (AvgIpc) is 2.48. The van der Waals surface area contributed by atoms with Crippen molar-refractivity contribution in [2.45, 2.75) is 91.9 Å². The fraction of sp³-hybridized carbons (Fsp3) is 1.00. The van der Waals surface area contributed by atoms with Crippen molar-refractivity contribution in [2.75, 3.05) is 0 Å². The Hall–Kier alpha value is -0.420. The lowest BCUT2D eigenvalue weighted by Crippen LogP contribution is -2.56. The van der Waals surface area contributed by atoms with Crippen molar-refractivity contribution in [2.24, 2.45) is 35.0 Å². The molecule has 0 bridgehead atoms. The number of rotatable bonds is 7. The minimum absolute atomic E-state index is 0.000912. The first-order chi connectivity index (χ1) is 11.8. The summed E-state index contributed by atoms with van der Waals surface area (Å²) in [5.41, 5.74) is -3.57. The summed E-state index contributed by atoms with van der Waals surface area (Å²) in [5, 5.41) is 0. The van der Waals surface area contributed by atoms with E-state index in [4.69, 9.17) is 0 Å². The highest BCUT2D eigenvalue weighted by Gasteiger charge is 2.73. The molecule has 0 saturated heterocycles. The molecule has 0 aromatic rings. The van der Waals surface area contributed by atoms with Crippen LogP contribution in [0.4, 0.5) is 26.3 Å². The van der Waals surface area contributed by atoms with E-state index in [1.54, 1.807) is 13.8 Å². The molecule has 1 aliphatic rings. The Labute approximate surface area is 154 Å². The second-order valence-corrected chi connectivity index (χ2v) is 8.71. The summed E-state index contributed by atoms with van der Waals surface area (Å²) in [5.74, 6) is -1.34. The Morgan fingerprint density at radius 2 is 1.31 bits per heavy atom. The third kappa shape index (κ3) is 4.89. The van der Waals surface area contributed by atoms with Crippen LogP contribution in [0.15, 0.2) is 0 Å². The van der Waals surface area contributed by atoms with E-state index < -0.39 is 30.1 Å². The molecule has 0 aromatic carbocycles. The highest BCUT2D eigenvalue weighted by atomic mass is 19.4. The van der Waals surface area contributed by atoms with Crippen molar-refractivity contribution in [3.63, 3.8) is 0 Å². The van der Waals surface area contributed by atoms with E-state index in [0.29, 0.717) is 6.42 Å². The highest BCUT2D eigenvalue weighted by Crippen LogP contribution is 2.62. The van der Waals surface area contributed by atoms with E-state index in [1.807, 2.05) is 20.8 Å². The average molecular weight is 388 g/mol. The summed E-state index contributed by atoms with van der Waals surface area (Å²) >= 11 is 0. The minimum atomic E-state index is -5.27. The van der Waals surface area contributed by atoms with Crippen molar-refractivity contribution in [1.29, 1.82) is 0 Å². The first-order valence-electron chi connectivity index (χ1n) is 9.91. The quantitative estimate of drug-likeness (QED) is 0.387. The molecule has 26 heavy (non-hydrogen) atoms. The molecule has 6 heteroatoms. The maximum atomic E-state index is 14.0. The molecule has 0 amide bonds. The summed E-state index contributed by atoms with van der Waals surface area (Å²) in [7, 11) is 0. The third-order valence-electron chi connectivity index (χ3n) is 7.02. The topological polar surface area (TPSA) is 0 Å². The number of hydrogen-bond acceptors (Lipinski definition) is 0. The maximum absolute atomic E-state index is 14.0. The van der Waals surface area contributed by atoms with E-state index in [9.17, 15) is 26.3 Å². The minimum Gasteiger partial charge on any atom is -0.170 e. The van der Waals surface area contributed by atoms with Crippen LogP contribution in [-0.2, 0) is 0 Å². The molecule has 1 aliphatic carbocycles. The van der Waals surface area contributed by atoms with Crippen LogP contribution in [0.1, 0.15) is 79.6 Å². The lowest BCUT2D eigenvalue weighted by molar-refractivity contribution is -0.365. The van der Waals surface area contributed by atoms with Crippen LogP contribution in [0.25, 0.3) is 0 Å². The molecule has 5 atom stereocenters. The van der Waals surface area contributed by atoms with Gasteiger partial charge in [-0.15, -0.1) is 0 Å². The predicted molar refractivity (Wildman–Crippen MR) is 92.7 cm³/mol. The lowest BCUT2D eigenvalue weighted by atomic mass is 9.61. The van der Waals surface area contributed by atoms with Crippen LogP contribution >= 0.6 is 0 Å². The normalized spacial score (nSPS) is 28.0. The second-order valence-electron chi connectivity index (χ2n) is 8.71. The summed E-state index contributed by atoms with van der Waals surface area (Å²) in [6, 6.07) is 0. The zero-order valence-corrected chi connectivity index (χ0v) is 16.6. The Balaban J connectivity index is 3.16. The zero-order valence-electron chi connectivity index (χ0n) is 16.6. The maximum Gasteiger partial charge on any atom is 0.403 e. The van der Waals surface area contributed by atoms with Gasteiger partial charge in [0.05, 0.1) is 0 Å². The molecular weight excluding hydrogens is 354 g/mol. The van der Waals surface area contributed by atoms with Gasteiger partial charge in [0.1, 0.15) is 0 Å². The van der Waals surface area contributed by atoms with Crippen molar-refractivity contribution in [3.05, 3.63) is 0 Å². The predicted octanol–water partition coefficient (Wildman–Crippen LogP) is 8.02. The summed E-state index contributed by atoms with van der Waals surface area (Å²) in [6.07, 6.45) is -9.29. The second kappa shape index (κ2) is 8.72. The van der Waals surface area contributed by atoms with Gasteiger partial charge in [-0.25, -0.2) is 0 Å². The Morgan fingerprint density at radius 1 is 0.808 bits per heavy atom. The van der Waals surface area contributed by atoms with E-state index in [0.717, 1.165) is 12.8 Å². The monoisotopic (exact) mass is 388 g/mol. The molecule has 1 fully saturated rings. The molecule has 1 rings (SSSR count). The van der Waals surface area contributed by atoms with Gasteiger partial charge >= 0.3 is 12.4 Å². The first-order valence-corrected chi connectivity index (χ1v) is 9.91. The Bertz CT molecular complexity index is 411. The van der Waals surface area contributed by atoms with Crippen molar-refractivity contribution < 1.29 is 26.3 Å². The fourth-order valence-corrected chi connectivity index (χ4v) is 4.59. The van der Waals surface area contributed by atoms with E-state index in [-0.39, 0.29) is 42.9 Å². The van der Waals surface area contributed by atoms with Crippen LogP contribution in [0.3, 0.4) is 0 Å². The van der Waals surface area contributed by atoms with Crippen molar-refractivity contribution >= 4 is 0 Å². The van der Waals surface area contributed by atoms with Crippen LogP contribution in [-0.4, -0.2) is 12.4 Å². The molecule has 5 unspecified atom stereocenters. The van der Waals surface area contributed by atoms with Crippen molar-refractivity contribution in [1.82, 2.24) is 0 Å². The molecular formula is C20H34F6. The zero-order chi connectivity index (χ0) is 20.3. The molecule has 0 radical (unpaired) electrons. The van der Waals surface area contributed by atoms with Crippen LogP contribution in [0, 0.1) is 35.0 Å². The number of alkyl halides is 6. The largest absolute Gasteiger partial charge is 0.403 e. The first kappa shape index (κ1) is 23.6. The smallest absolute Gasteiger partial charge is 0.170 e. The molecule has 0 heterocycles. The van der Waals surface area contributed by atoms with Gasteiger partial charge in [0.25, 0.3) is 0 Å². The highest BCUT2D eigenvalue weighted by molar-refractivity contribution is 5.00. The van der Waals surface area contributed by atoms with Crippen LogP contribution in [0.2, 0.25) is 0 Å². The number of halogens is 6. The van der Waals surface area contributed by atoms with E-state index >= 15 is 0 Å². The van der Waals surface area contributed by atoms with Gasteiger partial charge in [0, 0.05) is 0 Å². The fourth-order valence-electron chi connectivity index (χ4n) is 4.59. The van der Waals surface area contributed by atoms with E-state index in [1.165, 1.54) is 0 Å². The van der Waals surface area contributed by atoms with Crippen LogP contribution in [0.5, 0.6) is 0 Å². The standard InChI is InChI=1S/C20H34F6/c1-6-7-13(2)15(4)10-11-18(19(21,22)23,20(24,25)26)17-9-8-14(3)16(5)12-17/h13-17H,6-12H2,1-5H3. The van der Waals surface area contributed by atoms with Gasteiger partial charge in [-0.05, 0) is 55.3 Å². The summed E-state index contributed by atoms with van der Waals surface area (Å²) in [6.45, 7) is 9.37. The third-order valence-corrected chi connectivity index (χ3v) is 7.02. The van der Waals surface area contributed by atoms with Crippen molar-refractivity contribution in [3.8, 4) is 0 Å². The molecule has 156 valence electrons. The van der Waals surface area contributed by atoms with Gasteiger partial charge in [-0.1, -0.05) is 53.9 Å². The SMILES string of the molecule is CCCC(C)C(C)CCC(C1CCC(C)C(C)C1)(C(F)(F)F)C(F)(F)F. The lowest BCUT2D eigenvalue weighted by Gasteiger charge is -2.47. The van der Waals surface area contributed by atoms with Gasteiger partial charge in [0.15, 0.2) is 5.41 Å². The van der Waals surface area contributed by atoms with Gasteiger partial charge < -0.3 is 0 Å². The van der Waals surface area contributed by atoms with Gasteiger partial charge in [-0.3, -0.25) is 0 Å². The molecule has 0 aromatic heterocycles. The number of hydrogen-bond donors (Lipinski definition) is 0. The van der Waals surface area contributed by atoms with E-state index in [2.05, 4.69) is 0 Å². The molecule has 0 N–H and O–H groups in total. The Morgan fingerprint density at radius 3 is 1.73 bits per heavy atom. The van der Waals surface area contributed by atoms with Gasteiger partial charge in [0.2, 0.25) is 0 Å². The molecule has 0 spiro atoms. The Kier molecular flexibility index (Phi) is 7.93. The molecule has 0 aliphatic heterocycles. The molecule has 0 nitrogen and oxygen atoms in total. The molecule has 1 saturated carbocycles. The van der Waals surface area contributed by atoms with Gasteiger partial charge in [-0.2, -0.15) is 26.3 Å². The van der Waals surface area contributed by atoms with Crippen LogP contribution < -0.4 is 0 Å². The summed E-state index contributed by atoms with van der Waals surface area (Å²) in [4.78, 5) is 0.